The molecule has 4 nitrogen and oxygen atoms in total. The monoisotopic (exact) mass is 368 g/mol. The first-order valence-electron chi connectivity index (χ1n) is 8.66. The summed E-state index contributed by atoms with van der Waals surface area (Å²) in [6, 6.07) is 16.8. The summed E-state index contributed by atoms with van der Waals surface area (Å²) < 4.78 is 5.77. The number of anilines is 1. The lowest BCUT2D eigenvalue weighted by atomic mass is 10.1. The smallest absolute Gasteiger partial charge is 0.234 e. The third-order valence-corrected chi connectivity index (χ3v) is 4.64. The van der Waals surface area contributed by atoms with Crippen molar-refractivity contribution in [1.82, 2.24) is 0 Å². The van der Waals surface area contributed by atoms with Crippen LogP contribution in [0.4, 0.5) is 5.69 Å². The highest BCUT2D eigenvalue weighted by molar-refractivity contribution is 7.99. The zero-order valence-corrected chi connectivity index (χ0v) is 16.0. The molecular weight excluding hydrogens is 344 g/mol. The Bertz CT molecular complexity index is 769. The maximum atomic E-state index is 12.0. The van der Waals surface area contributed by atoms with E-state index in [-0.39, 0.29) is 5.91 Å². The minimum atomic E-state index is -0.00220. The Morgan fingerprint density at radius 1 is 1.23 bits per heavy atom. The summed E-state index contributed by atoms with van der Waals surface area (Å²) in [5.41, 5.74) is 2.27. The molecule has 2 aromatic carbocycles. The van der Waals surface area contributed by atoms with Crippen LogP contribution in [0.1, 0.15) is 31.4 Å². The van der Waals surface area contributed by atoms with E-state index in [0.717, 1.165) is 23.4 Å². The number of benzene rings is 2. The molecule has 0 saturated heterocycles. The number of ether oxygens (including phenoxy) is 1. The molecule has 0 aliphatic rings. The second kappa shape index (κ2) is 10.5. The molecule has 0 aliphatic carbocycles. The molecule has 0 unspecified atom stereocenters. The standard InChI is InChI=1S/C21H24N2O2S/c1-16(2)9-10-26-15-21(24)23-19-7-4-8-20(12-19)25-14-18-6-3-5-17(11-18)13-22/h3-8,11-12,16H,9-10,14-15H2,1-2H3,(H,23,24). The number of thioether (sulfide) groups is 1. The zero-order chi connectivity index (χ0) is 18.8. The molecule has 0 bridgehead atoms. The first-order chi connectivity index (χ1) is 12.6. The maximum absolute atomic E-state index is 12.0. The molecular formula is C21H24N2O2S. The predicted octanol–water partition coefficient (Wildman–Crippen LogP) is 4.86. The Morgan fingerprint density at radius 2 is 2.04 bits per heavy atom. The molecule has 1 amide bonds. The molecule has 136 valence electrons. The quantitative estimate of drug-likeness (QED) is 0.642. The van der Waals surface area contributed by atoms with Gasteiger partial charge in [0.2, 0.25) is 5.91 Å². The molecule has 0 saturated carbocycles. The summed E-state index contributed by atoms with van der Waals surface area (Å²) >= 11 is 1.65. The summed E-state index contributed by atoms with van der Waals surface area (Å²) in [6.07, 6.45) is 1.12. The molecule has 0 spiro atoms. The average molecular weight is 369 g/mol. The average Bonchev–Trinajstić information content (AvgIpc) is 2.64. The number of nitrogens with one attached hydrogen (secondary N) is 1. The minimum Gasteiger partial charge on any atom is -0.489 e. The van der Waals surface area contributed by atoms with Crippen molar-refractivity contribution in [3.63, 3.8) is 0 Å². The van der Waals surface area contributed by atoms with Gasteiger partial charge in [0.25, 0.3) is 0 Å². The fraction of sp³-hybridized carbons (Fsp3) is 0.333. The van der Waals surface area contributed by atoms with Gasteiger partial charge in [-0.2, -0.15) is 17.0 Å². The van der Waals surface area contributed by atoms with Crippen LogP contribution in [0.2, 0.25) is 0 Å². The molecule has 2 aromatic rings. The first-order valence-corrected chi connectivity index (χ1v) is 9.82. The Balaban J connectivity index is 1.83. The number of nitriles is 1. The number of hydrogen-bond acceptors (Lipinski definition) is 4. The van der Waals surface area contributed by atoms with Gasteiger partial charge in [-0.05, 0) is 47.9 Å². The van der Waals surface area contributed by atoms with Gasteiger partial charge >= 0.3 is 0 Å². The molecule has 0 radical (unpaired) electrons. The highest BCUT2D eigenvalue weighted by atomic mass is 32.2. The van der Waals surface area contributed by atoms with Gasteiger partial charge in [-0.25, -0.2) is 0 Å². The van der Waals surface area contributed by atoms with E-state index in [1.54, 1.807) is 23.9 Å². The maximum Gasteiger partial charge on any atom is 0.234 e. The van der Waals surface area contributed by atoms with E-state index < -0.39 is 0 Å². The normalized spacial score (nSPS) is 10.4. The third kappa shape index (κ3) is 7.20. The molecule has 0 atom stereocenters. The van der Waals surface area contributed by atoms with Crippen molar-refractivity contribution in [2.24, 2.45) is 5.92 Å². The van der Waals surface area contributed by atoms with Crippen LogP contribution in [0.3, 0.4) is 0 Å². The summed E-state index contributed by atoms with van der Waals surface area (Å²) in [4.78, 5) is 12.0. The predicted molar refractivity (Wildman–Crippen MR) is 107 cm³/mol. The van der Waals surface area contributed by atoms with Gasteiger partial charge in [-0.1, -0.05) is 32.0 Å². The van der Waals surface area contributed by atoms with Crippen LogP contribution >= 0.6 is 11.8 Å². The minimum absolute atomic E-state index is 0.00220. The molecule has 0 heterocycles. The van der Waals surface area contributed by atoms with E-state index >= 15 is 0 Å². The molecule has 0 aromatic heterocycles. The number of rotatable bonds is 9. The van der Waals surface area contributed by atoms with E-state index in [1.165, 1.54) is 0 Å². The van der Waals surface area contributed by atoms with Crippen LogP contribution < -0.4 is 10.1 Å². The third-order valence-electron chi connectivity index (χ3n) is 3.65. The van der Waals surface area contributed by atoms with Gasteiger partial charge in [0, 0.05) is 11.8 Å². The van der Waals surface area contributed by atoms with Crippen LogP contribution in [0.15, 0.2) is 48.5 Å². The Kier molecular flexibility index (Phi) is 8.04. The summed E-state index contributed by atoms with van der Waals surface area (Å²) in [5.74, 6) is 2.79. The highest BCUT2D eigenvalue weighted by Crippen LogP contribution is 2.19. The summed E-state index contributed by atoms with van der Waals surface area (Å²) in [7, 11) is 0. The van der Waals surface area contributed by atoms with Crippen LogP contribution in [0.25, 0.3) is 0 Å². The fourth-order valence-corrected chi connectivity index (χ4v) is 3.28. The molecule has 26 heavy (non-hydrogen) atoms. The van der Waals surface area contributed by atoms with E-state index in [2.05, 4.69) is 25.2 Å². The van der Waals surface area contributed by atoms with Crippen LogP contribution in [-0.2, 0) is 11.4 Å². The van der Waals surface area contributed by atoms with Crippen molar-refractivity contribution in [2.75, 3.05) is 16.8 Å². The van der Waals surface area contributed by atoms with Gasteiger partial charge in [-0.3, -0.25) is 4.79 Å². The Labute approximate surface area is 159 Å². The van der Waals surface area contributed by atoms with E-state index in [4.69, 9.17) is 10.00 Å². The fourth-order valence-electron chi connectivity index (χ4n) is 2.24. The molecule has 0 aliphatic heterocycles. The summed E-state index contributed by atoms with van der Waals surface area (Å²) in [6.45, 7) is 4.74. The van der Waals surface area contributed by atoms with Crippen molar-refractivity contribution < 1.29 is 9.53 Å². The SMILES string of the molecule is CC(C)CCSCC(=O)Nc1cccc(OCc2cccc(C#N)c2)c1. The molecule has 5 heteroatoms. The number of carbonyl (C=O) groups is 1. The van der Waals surface area contributed by atoms with Gasteiger partial charge in [0.1, 0.15) is 12.4 Å². The Hall–Kier alpha value is -2.45. The lowest BCUT2D eigenvalue weighted by Gasteiger charge is -2.10. The first kappa shape index (κ1) is 19.9. The second-order valence-corrected chi connectivity index (χ2v) is 7.52. The van der Waals surface area contributed by atoms with Gasteiger partial charge in [0.05, 0.1) is 17.4 Å². The van der Waals surface area contributed by atoms with E-state index in [1.807, 2.05) is 36.4 Å². The van der Waals surface area contributed by atoms with Crippen LogP contribution in [-0.4, -0.2) is 17.4 Å². The van der Waals surface area contributed by atoms with E-state index in [9.17, 15) is 4.79 Å². The van der Waals surface area contributed by atoms with E-state index in [0.29, 0.717) is 29.6 Å². The lowest BCUT2D eigenvalue weighted by Crippen LogP contribution is -2.14. The van der Waals surface area contributed by atoms with Crippen molar-refractivity contribution in [2.45, 2.75) is 26.9 Å². The molecule has 0 fully saturated rings. The van der Waals surface area contributed by atoms with Crippen molar-refractivity contribution in [3.05, 3.63) is 59.7 Å². The van der Waals surface area contributed by atoms with Crippen LogP contribution in [0.5, 0.6) is 5.75 Å². The van der Waals surface area contributed by atoms with Gasteiger partial charge < -0.3 is 10.1 Å². The zero-order valence-electron chi connectivity index (χ0n) is 15.2. The van der Waals surface area contributed by atoms with Crippen molar-refractivity contribution in [3.8, 4) is 11.8 Å². The van der Waals surface area contributed by atoms with Crippen molar-refractivity contribution in [1.29, 1.82) is 5.26 Å². The highest BCUT2D eigenvalue weighted by Gasteiger charge is 2.05. The summed E-state index contributed by atoms with van der Waals surface area (Å²) in [5, 5.41) is 11.8. The number of carbonyl (C=O) groups excluding carboxylic acids is 1. The lowest BCUT2D eigenvalue weighted by molar-refractivity contribution is -0.113. The van der Waals surface area contributed by atoms with Crippen LogP contribution in [0, 0.1) is 17.2 Å². The number of amides is 1. The van der Waals surface area contributed by atoms with Crippen molar-refractivity contribution >= 4 is 23.4 Å². The van der Waals surface area contributed by atoms with Gasteiger partial charge in [0.15, 0.2) is 0 Å². The Morgan fingerprint density at radius 3 is 2.81 bits per heavy atom. The topological polar surface area (TPSA) is 62.1 Å². The molecule has 1 N–H and O–H groups in total. The number of nitrogens with zero attached hydrogens (tertiary/aromatic N) is 1. The molecule has 2 rings (SSSR count). The number of hydrogen-bond donors (Lipinski definition) is 1. The largest absolute Gasteiger partial charge is 0.489 e. The second-order valence-electron chi connectivity index (χ2n) is 6.41. The van der Waals surface area contributed by atoms with Gasteiger partial charge in [-0.15, -0.1) is 0 Å².